The molecule has 0 aliphatic rings. The summed E-state index contributed by atoms with van der Waals surface area (Å²) >= 11 is 0. The summed E-state index contributed by atoms with van der Waals surface area (Å²) in [4.78, 5) is 23.9. The number of nitriles is 1. The highest BCUT2D eigenvalue weighted by Crippen LogP contribution is 2.29. The third kappa shape index (κ3) is 5.38. The summed E-state index contributed by atoms with van der Waals surface area (Å²) in [5.41, 5.74) is -1.04. The molecule has 1 aromatic carbocycles. The number of carbonyl (C=O) groups excluding carboxylic acids is 2. The fraction of sp³-hybridized carbons (Fsp3) is 0.400. The minimum Gasteiger partial charge on any atom is -0.385 e. The van der Waals surface area contributed by atoms with Gasteiger partial charge in [0.1, 0.15) is 0 Å². The van der Waals surface area contributed by atoms with Gasteiger partial charge < -0.3 is 10.1 Å². The minimum atomic E-state index is -4.52. The predicted octanol–water partition coefficient (Wildman–Crippen LogP) is 2.18. The first-order chi connectivity index (χ1) is 10.8. The van der Waals surface area contributed by atoms with Crippen LogP contribution >= 0.6 is 0 Å². The Labute approximate surface area is 131 Å². The van der Waals surface area contributed by atoms with Gasteiger partial charge in [-0.05, 0) is 18.6 Å². The van der Waals surface area contributed by atoms with Crippen molar-refractivity contribution in [1.82, 2.24) is 5.32 Å². The molecule has 8 heteroatoms. The topological polar surface area (TPSA) is 79.2 Å². The maximum absolute atomic E-state index is 12.5. The summed E-state index contributed by atoms with van der Waals surface area (Å²) in [6.45, 7) is 0.634. The van der Waals surface area contributed by atoms with Crippen molar-refractivity contribution in [3.8, 4) is 6.07 Å². The molecule has 0 unspecified atom stereocenters. The molecule has 0 aliphatic heterocycles. The SMILES string of the molecule is COCCCNC(=O)[C@H](C#N)C(=O)c1ccc(C(F)(F)F)cc1. The van der Waals surface area contributed by atoms with E-state index >= 15 is 0 Å². The first-order valence-corrected chi connectivity index (χ1v) is 6.69. The predicted molar refractivity (Wildman–Crippen MR) is 74.4 cm³/mol. The van der Waals surface area contributed by atoms with Gasteiger partial charge in [0, 0.05) is 25.8 Å². The minimum absolute atomic E-state index is 0.128. The molecule has 0 radical (unpaired) electrons. The molecule has 1 N–H and O–H groups in total. The molecule has 5 nitrogen and oxygen atoms in total. The summed E-state index contributed by atoms with van der Waals surface area (Å²) in [6.07, 6.45) is -4.01. The van der Waals surface area contributed by atoms with Crippen LogP contribution in [0.3, 0.4) is 0 Å². The number of nitrogens with one attached hydrogen (secondary N) is 1. The van der Waals surface area contributed by atoms with Gasteiger partial charge in [0.25, 0.3) is 0 Å². The lowest BCUT2D eigenvalue weighted by Crippen LogP contribution is -2.35. The number of alkyl halides is 3. The first kappa shape index (κ1) is 18.6. The van der Waals surface area contributed by atoms with Crippen molar-refractivity contribution < 1.29 is 27.5 Å². The van der Waals surface area contributed by atoms with E-state index in [9.17, 15) is 22.8 Å². The molecule has 0 saturated heterocycles. The standard InChI is InChI=1S/C15H15F3N2O3/c1-23-8-2-7-20-14(22)12(9-19)13(21)10-3-5-11(6-4-10)15(16,17)18/h3-6,12H,2,7-8H2,1H3,(H,20,22)/t12-/m1/s1. The summed E-state index contributed by atoms with van der Waals surface area (Å²) in [5.74, 6) is -3.23. The summed E-state index contributed by atoms with van der Waals surface area (Å²) < 4.78 is 42.2. The third-order valence-electron chi connectivity index (χ3n) is 2.97. The zero-order chi connectivity index (χ0) is 17.5. The van der Waals surface area contributed by atoms with E-state index in [0.717, 1.165) is 24.3 Å². The molecule has 0 aromatic heterocycles. The monoisotopic (exact) mass is 328 g/mol. The highest BCUT2D eigenvalue weighted by Gasteiger charge is 2.31. The molecule has 1 atom stereocenters. The normalized spacial score (nSPS) is 12.3. The van der Waals surface area contributed by atoms with Crippen molar-refractivity contribution >= 4 is 11.7 Å². The van der Waals surface area contributed by atoms with Crippen molar-refractivity contribution in [2.75, 3.05) is 20.3 Å². The highest BCUT2D eigenvalue weighted by atomic mass is 19.4. The van der Waals surface area contributed by atoms with E-state index in [1.165, 1.54) is 7.11 Å². The number of nitrogens with zero attached hydrogens (tertiary/aromatic N) is 1. The molecule has 0 aliphatic carbocycles. The zero-order valence-corrected chi connectivity index (χ0v) is 12.3. The first-order valence-electron chi connectivity index (χ1n) is 6.69. The maximum Gasteiger partial charge on any atom is 0.416 e. The molecule has 0 fully saturated rings. The molecule has 23 heavy (non-hydrogen) atoms. The Balaban J connectivity index is 2.77. The van der Waals surface area contributed by atoms with Crippen LogP contribution < -0.4 is 5.32 Å². The van der Waals surface area contributed by atoms with Gasteiger partial charge in [-0.3, -0.25) is 9.59 Å². The Morgan fingerprint density at radius 3 is 2.39 bits per heavy atom. The second kappa shape index (κ2) is 8.29. The van der Waals surface area contributed by atoms with E-state index in [-0.39, 0.29) is 12.1 Å². The lowest BCUT2D eigenvalue weighted by atomic mass is 9.97. The van der Waals surface area contributed by atoms with Crippen LogP contribution in [0.4, 0.5) is 13.2 Å². The van der Waals surface area contributed by atoms with Gasteiger partial charge in [0.05, 0.1) is 11.6 Å². The molecule has 0 heterocycles. The van der Waals surface area contributed by atoms with Gasteiger partial charge in [-0.15, -0.1) is 0 Å². The number of ketones is 1. The number of halogens is 3. The van der Waals surface area contributed by atoms with Gasteiger partial charge in [0.2, 0.25) is 5.91 Å². The molecule has 1 rings (SSSR count). The fourth-order valence-corrected chi connectivity index (χ4v) is 1.76. The van der Waals surface area contributed by atoms with Crippen LogP contribution in [0.15, 0.2) is 24.3 Å². The number of carbonyl (C=O) groups is 2. The number of methoxy groups -OCH3 is 1. The summed E-state index contributed by atoms with van der Waals surface area (Å²) in [6, 6.07) is 4.94. The smallest absolute Gasteiger partial charge is 0.385 e. The third-order valence-corrected chi connectivity index (χ3v) is 2.97. The Bertz CT molecular complexity index is 591. The van der Waals surface area contributed by atoms with Crippen LogP contribution in [-0.4, -0.2) is 32.0 Å². The average Bonchev–Trinajstić information content (AvgIpc) is 2.51. The van der Waals surface area contributed by atoms with Crippen LogP contribution in [0.1, 0.15) is 22.3 Å². The van der Waals surface area contributed by atoms with E-state index < -0.39 is 29.3 Å². The molecule has 0 bridgehead atoms. The van der Waals surface area contributed by atoms with E-state index in [0.29, 0.717) is 13.0 Å². The second-order valence-electron chi connectivity index (χ2n) is 4.64. The quantitative estimate of drug-likeness (QED) is 0.473. The highest BCUT2D eigenvalue weighted by molar-refractivity contribution is 6.12. The van der Waals surface area contributed by atoms with Crippen LogP contribution in [0.25, 0.3) is 0 Å². The molecule has 0 saturated carbocycles. The lowest BCUT2D eigenvalue weighted by Gasteiger charge is -2.11. The van der Waals surface area contributed by atoms with E-state index in [1.54, 1.807) is 6.07 Å². The fourth-order valence-electron chi connectivity index (χ4n) is 1.76. The van der Waals surface area contributed by atoms with Crippen LogP contribution in [0.2, 0.25) is 0 Å². The Morgan fingerprint density at radius 2 is 1.91 bits per heavy atom. The van der Waals surface area contributed by atoms with Crippen molar-refractivity contribution in [3.05, 3.63) is 35.4 Å². The van der Waals surface area contributed by atoms with E-state index in [1.807, 2.05) is 0 Å². The maximum atomic E-state index is 12.5. The number of hydrogen-bond acceptors (Lipinski definition) is 4. The van der Waals surface area contributed by atoms with Crippen molar-refractivity contribution in [2.45, 2.75) is 12.6 Å². The Kier molecular flexibility index (Phi) is 6.72. The van der Waals surface area contributed by atoms with Crippen molar-refractivity contribution in [3.63, 3.8) is 0 Å². The van der Waals surface area contributed by atoms with Crippen molar-refractivity contribution in [2.24, 2.45) is 5.92 Å². The van der Waals surface area contributed by atoms with Gasteiger partial charge in [-0.1, -0.05) is 12.1 Å². The average molecular weight is 328 g/mol. The van der Waals surface area contributed by atoms with Crippen LogP contribution in [-0.2, 0) is 15.7 Å². The molecule has 124 valence electrons. The van der Waals surface area contributed by atoms with Gasteiger partial charge >= 0.3 is 6.18 Å². The van der Waals surface area contributed by atoms with Crippen molar-refractivity contribution in [1.29, 1.82) is 5.26 Å². The second-order valence-corrected chi connectivity index (χ2v) is 4.64. The number of benzene rings is 1. The van der Waals surface area contributed by atoms with Gasteiger partial charge in [-0.2, -0.15) is 18.4 Å². The van der Waals surface area contributed by atoms with E-state index in [4.69, 9.17) is 10.00 Å². The summed E-state index contributed by atoms with van der Waals surface area (Å²) in [5, 5.41) is 11.4. The number of ether oxygens (including phenoxy) is 1. The number of amides is 1. The van der Waals surface area contributed by atoms with Crippen LogP contribution in [0, 0.1) is 17.2 Å². The van der Waals surface area contributed by atoms with Gasteiger partial charge in [-0.25, -0.2) is 0 Å². The molecular formula is C15H15F3N2O3. The summed E-state index contributed by atoms with van der Waals surface area (Å²) in [7, 11) is 1.49. The zero-order valence-electron chi connectivity index (χ0n) is 12.3. The molecule has 0 spiro atoms. The van der Waals surface area contributed by atoms with Gasteiger partial charge in [0.15, 0.2) is 11.7 Å². The Hall–Kier alpha value is -2.40. The largest absolute Gasteiger partial charge is 0.416 e. The van der Waals surface area contributed by atoms with E-state index in [2.05, 4.69) is 5.32 Å². The molecule has 1 amide bonds. The lowest BCUT2D eigenvalue weighted by molar-refractivity contribution is -0.137. The number of rotatable bonds is 7. The molecule has 1 aromatic rings. The number of hydrogen-bond donors (Lipinski definition) is 1. The van der Waals surface area contributed by atoms with Crippen LogP contribution in [0.5, 0.6) is 0 Å². The Morgan fingerprint density at radius 1 is 1.30 bits per heavy atom. The molecular weight excluding hydrogens is 313 g/mol. The number of Topliss-reactive ketones (excluding diaryl/α,β-unsaturated/α-hetero) is 1.